The fourth-order valence-corrected chi connectivity index (χ4v) is 1.47. The summed E-state index contributed by atoms with van der Waals surface area (Å²) in [7, 11) is 0. The lowest BCUT2D eigenvalue weighted by atomic mass is 9.81. The molecule has 0 saturated heterocycles. The average Bonchev–Trinajstić information content (AvgIpc) is 2.02. The van der Waals surface area contributed by atoms with Gasteiger partial charge in [0.15, 0.2) is 0 Å². The summed E-state index contributed by atoms with van der Waals surface area (Å²) in [5.41, 5.74) is 1.86. The van der Waals surface area contributed by atoms with Crippen LogP contribution >= 0.6 is 0 Å². The van der Waals surface area contributed by atoms with Gasteiger partial charge in [-0.05, 0) is 24.3 Å². The van der Waals surface area contributed by atoms with E-state index >= 15 is 0 Å². The molecule has 1 aromatic carbocycles. The van der Waals surface area contributed by atoms with E-state index < -0.39 is 5.97 Å². The normalized spacial score (nSPS) is 11.4. The summed E-state index contributed by atoms with van der Waals surface area (Å²) in [4.78, 5) is 10.5. The lowest BCUT2D eigenvalue weighted by molar-refractivity contribution is -0.306. The van der Waals surface area contributed by atoms with E-state index in [1.165, 1.54) is 5.56 Å². The molecular formula is C12H15O2-. The highest BCUT2D eigenvalue weighted by Crippen LogP contribution is 2.26. The second-order valence-electron chi connectivity index (χ2n) is 4.30. The highest BCUT2D eigenvalue weighted by atomic mass is 16.4. The van der Waals surface area contributed by atoms with Crippen LogP contribution in [0.5, 0.6) is 0 Å². The quantitative estimate of drug-likeness (QED) is 0.724. The zero-order chi connectivity index (χ0) is 10.8. The Morgan fingerprint density at radius 3 is 2.21 bits per heavy atom. The molecule has 0 aromatic heterocycles. The predicted molar refractivity (Wildman–Crippen MR) is 53.8 cm³/mol. The number of rotatable bonds is 3. The maximum absolute atomic E-state index is 10.5. The fraction of sp³-hybridized carbons (Fsp3) is 0.417. The van der Waals surface area contributed by atoms with Crippen LogP contribution in [-0.4, -0.2) is 5.97 Å². The largest absolute Gasteiger partial charge is 0.550 e. The summed E-state index contributed by atoms with van der Waals surface area (Å²) >= 11 is 0. The van der Waals surface area contributed by atoms with Gasteiger partial charge in [-0.3, -0.25) is 0 Å². The summed E-state index contributed by atoms with van der Waals surface area (Å²) in [5.74, 6) is -1.00. The summed E-state index contributed by atoms with van der Waals surface area (Å²) in [6.45, 7) is 5.83. The minimum atomic E-state index is -1.00. The summed E-state index contributed by atoms with van der Waals surface area (Å²) < 4.78 is 0. The number of carbonyl (C=O) groups is 1. The Morgan fingerprint density at radius 1 is 1.29 bits per heavy atom. The van der Waals surface area contributed by atoms with Crippen LogP contribution in [0.3, 0.4) is 0 Å². The first-order valence-electron chi connectivity index (χ1n) is 4.69. The molecule has 0 heterocycles. The van der Waals surface area contributed by atoms with Crippen molar-refractivity contribution < 1.29 is 9.90 Å². The highest BCUT2D eigenvalue weighted by molar-refractivity contribution is 5.66. The van der Waals surface area contributed by atoms with Crippen molar-refractivity contribution in [3.63, 3.8) is 0 Å². The number of carboxylic acid groups (broad SMARTS) is 1. The van der Waals surface area contributed by atoms with Crippen molar-refractivity contribution in [1.29, 1.82) is 0 Å². The number of carbonyl (C=O) groups excluding carboxylic acids is 1. The first kappa shape index (κ1) is 10.8. The Kier molecular flexibility index (Phi) is 2.94. The molecule has 1 rings (SSSR count). The van der Waals surface area contributed by atoms with Gasteiger partial charge < -0.3 is 9.90 Å². The van der Waals surface area contributed by atoms with Gasteiger partial charge in [-0.2, -0.15) is 0 Å². The van der Waals surface area contributed by atoms with Crippen molar-refractivity contribution in [2.45, 2.75) is 32.6 Å². The molecule has 0 N–H and O–H groups in total. The third kappa shape index (κ3) is 2.59. The number of carboxylic acids is 1. The van der Waals surface area contributed by atoms with Crippen LogP contribution in [0.25, 0.3) is 0 Å². The Balaban J connectivity index is 2.91. The Morgan fingerprint density at radius 2 is 1.79 bits per heavy atom. The van der Waals surface area contributed by atoms with E-state index in [0.29, 0.717) is 0 Å². The summed E-state index contributed by atoms with van der Waals surface area (Å²) in [6, 6.07) is 7.93. The summed E-state index contributed by atoms with van der Waals surface area (Å²) in [6.07, 6.45) is 0.0516. The van der Waals surface area contributed by atoms with E-state index in [1.807, 2.05) is 45.0 Å². The van der Waals surface area contributed by atoms with Crippen LogP contribution in [0.4, 0.5) is 0 Å². The Labute approximate surface area is 84.6 Å². The van der Waals surface area contributed by atoms with Crippen LogP contribution < -0.4 is 5.11 Å². The third-order valence-corrected chi connectivity index (χ3v) is 2.42. The van der Waals surface area contributed by atoms with E-state index in [4.69, 9.17) is 0 Å². The highest BCUT2D eigenvalue weighted by Gasteiger charge is 2.20. The number of hydrogen-bond donors (Lipinski definition) is 0. The summed E-state index contributed by atoms with van der Waals surface area (Å²) in [5, 5.41) is 10.5. The zero-order valence-electron chi connectivity index (χ0n) is 8.83. The van der Waals surface area contributed by atoms with Gasteiger partial charge in [-0.1, -0.05) is 43.7 Å². The van der Waals surface area contributed by atoms with Gasteiger partial charge in [-0.25, -0.2) is 0 Å². The Bertz CT molecular complexity index is 323. The van der Waals surface area contributed by atoms with E-state index in [9.17, 15) is 9.90 Å². The topological polar surface area (TPSA) is 40.1 Å². The second kappa shape index (κ2) is 3.82. The van der Waals surface area contributed by atoms with Gasteiger partial charge >= 0.3 is 0 Å². The molecule has 0 unspecified atom stereocenters. The van der Waals surface area contributed by atoms with Crippen molar-refractivity contribution in [3.05, 3.63) is 35.4 Å². The molecular weight excluding hydrogens is 176 g/mol. The smallest absolute Gasteiger partial charge is 0.0422 e. The van der Waals surface area contributed by atoms with Crippen LogP contribution in [0, 0.1) is 6.92 Å². The van der Waals surface area contributed by atoms with Gasteiger partial charge in [0.1, 0.15) is 0 Å². The van der Waals surface area contributed by atoms with Gasteiger partial charge in [0.25, 0.3) is 0 Å². The van der Waals surface area contributed by atoms with Crippen molar-refractivity contribution >= 4 is 5.97 Å². The molecule has 76 valence electrons. The monoisotopic (exact) mass is 191 g/mol. The fourth-order valence-electron chi connectivity index (χ4n) is 1.47. The first-order chi connectivity index (χ1) is 6.42. The molecule has 0 aliphatic heterocycles. The lowest BCUT2D eigenvalue weighted by Gasteiger charge is -2.25. The molecule has 0 aliphatic rings. The zero-order valence-corrected chi connectivity index (χ0v) is 8.83. The third-order valence-electron chi connectivity index (χ3n) is 2.42. The molecule has 2 heteroatoms. The van der Waals surface area contributed by atoms with Crippen molar-refractivity contribution in [3.8, 4) is 0 Å². The van der Waals surface area contributed by atoms with Crippen molar-refractivity contribution in [2.75, 3.05) is 0 Å². The molecule has 0 radical (unpaired) electrons. The molecule has 0 bridgehead atoms. The molecule has 0 atom stereocenters. The van der Waals surface area contributed by atoms with E-state index in [0.717, 1.165) is 5.56 Å². The standard InChI is InChI=1S/C12H16O2/c1-9-4-6-10(7-5-9)12(2,3)8-11(13)14/h4-7H,8H2,1-3H3,(H,13,14)/p-1. The van der Waals surface area contributed by atoms with Gasteiger partial charge in [-0.15, -0.1) is 0 Å². The minimum absolute atomic E-state index is 0.0516. The van der Waals surface area contributed by atoms with E-state index in [2.05, 4.69) is 0 Å². The van der Waals surface area contributed by atoms with Gasteiger partial charge in [0, 0.05) is 5.97 Å². The van der Waals surface area contributed by atoms with E-state index in [-0.39, 0.29) is 11.8 Å². The molecule has 0 spiro atoms. The molecule has 0 aliphatic carbocycles. The lowest BCUT2D eigenvalue weighted by Crippen LogP contribution is -2.31. The van der Waals surface area contributed by atoms with Crippen LogP contribution in [0.15, 0.2) is 24.3 Å². The average molecular weight is 191 g/mol. The first-order valence-corrected chi connectivity index (χ1v) is 4.69. The number of aliphatic carboxylic acids is 1. The van der Waals surface area contributed by atoms with Gasteiger partial charge in [0.2, 0.25) is 0 Å². The molecule has 1 aromatic rings. The van der Waals surface area contributed by atoms with E-state index in [1.54, 1.807) is 0 Å². The molecule has 0 fully saturated rings. The maximum atomic E-state index is 10.5. The predicted octanol–water partition coefficient (Wildman–Crippen LogP) is 1.41. The van der Waals surface area contributed by atoms with Crippen molar-refractivity contribution in [1.82, 2.24) is 0 Å². The maximum Gasteiger partial charge on any atom is 0.0422 e. The van der Waals surface area contributed by atoms with Gasteiger partial charge in [0.05, 0.1) is 0 Å². The van der Waals surface area contributed by atoms with Crippen LogP contribution in [0.1, 0.15) is 31.4 Å². The van der Waals surface area contributed by atoms with Crippen LogP contribution in [0.2, 0.25) is 0 Å². The number of hydrogen-bond acceptors (Lipinski definition) is 2. The van der Waals surface area contributed by atoms with Crippen LogP contribution in [-0.2, 0) is 10.2 Å². The number of benzene rings is 1. The molecule has 0 saturated carbocycles. The molecule has 2 nitrogen and oxygen atoms in total. The minimum Gasteiger partial charge on any atom is -0.550 e. The second-order valence-corrected chi connectivity index (χ2v) is 4.30. The molecule has 14 heavy (non-hydrogen) atoms. The SMILES string of the molecule is Cc1ccc(C(C)(C)CC(=O)[O-])cc1. The number of aryl methyl sites for hydroxylation is 1. The Hall–Kier alpha value is -1.31. The van der Waals surface area contributed by atoms with Crippen molar-refractivity contribution in [2.24, 2.45) is 0 Å². The molecule has 0 amide bonds.